The highest BCUT2D eigenvalue weighted by molar-refractivity contribution is 9.10. The van der Waals surface area contributed by atoms with Gasteiger partial charge in [0.2, 0.25) is 10.0 Å². The molecule has 0 bridgehead atoms. The second-order valence-electron chi connectivity index (χ2n) is 5.60. The van der Waals surface area contributed by atoms with Crippen LogP contribution in [0, 0.1) is 0 Å². The molecule has 0 amide bonds. The molecule has 3 rings (SSSR count). The van der Waals surface area contributed by atoms with Crippen molar-refractivity contribution in [1.29, 1.82) is 0 Å². The highest BCUT2D eigenvalue weighted by atomic mass is 79.9. The van der Waals surface area contributed by atoms with Gasteiger partial charge >= 0.3 is 0 Å². The van der Waals surface area contributed by atoms with Gasteiger partial charge < -0.3 is 14.2 Å². The van der Waals surface area contributed by atoms with Crippen molar-refractivity contribution in [3.8, 4) is 17.2 Å². The lowest BCUT2D eigenvalue weighted by Crippen LogP contribution is -2.42. The van der Waals surface area contributed by atoms with E-state index in [2.05, 4.69) is 20.7 Å². The molecule has 1 atom stereocenters. The molecule has 0 fully saturated rings. The standard InChI is InChI=1S/C17H18BrNO5S/c1-22-16-6-4-14(9-17(16)23-2)25(20,21)19-13-8-11-7-12(18)3-5-15(11)24-10-13/h3-7,9,13,19H,8,10H2,1-2H3. The SMILES string of the molecule is COc1ccc(S(=O)(=O)NC2COc3ccc(Br)cc3C2)cc1OC. The van der Waals surface area contributed by atoms with Crippen LogP contribution in [0.2, 0.25) is 0 Å². The monoisotopic (exact) mass is 427 g/mol. The summed E-state index contributed by atoms with van der Waals surface area (Å²) in [6, 6.07) is 9.85. The molecule has 1 N–H and O–H groups in total. The van der Waals surface area contributed by atoms with Crippen LogP contribution >= 0.6 is 15.9 Å². The lowest BCUT2D eigenvalue weighted by Gasteiger charge is -2.26. The average Bonchev–Trinajstić information content (AvgIpc) is 2.60. The van der Waals surface area contributed by atoms with Gasteiger partial charge in [0.05, 0.1) is 25.2 Å². The Morgan fingerprint density at radius 2 is 1.88 bits per heavy atom. The van der Waals surface area contributed by atoms with Crippen LogP contribution in [0.25, 0.3) is 0 Å². The molecular weight excluding hydrogens is 410 g/mol. The van der Waals surface area contributed by atoms with Gasteiger partial charge in [-0.05, 0) is 42.3 Å². The lowest BCUT2D eigenvalue weighted by molar-refractivity contribution is 0.254. The van der Waals surface area contributed by atoms with Gasteiger partial charge in [0, 0.05) is 10.5 Å². The zero-order valence-electron chi connectivity index (χ0n) is 13.8. The largest absolute Gasteiger partial charge is 0.493 e. The molecule has 25 heavy (non-hydrogen) atoms. The second-order valence-corrected chi connectivity index (χ2v) is 8.23. The van der Waals surface area contributed by atoms with E-state index in [1.165, 1.54) is 26.4 Å². The molecule has 134 valence electrons. The van der Waals surface area contributed by atoms with Gasteiger partial charge in [-0.15, -0.1) is 0 Å². The molecule has 0 saturated heterocycles. The van der Waals surface area contributed by atoms with Crippen LogP contribution in [-0.4, -0.2) is 35.3 Å². The number of ether oxygens (including phenoxy) is 3. The number of rotatable bonds is 5. The first kappa shape index (κ1) is 18.0. The second kappa shape index (κ2) is 7.23. The maximum absolute atomic E-state index is 12.7. The van der Waals surface area contributed by atoms with Crippen molar-refractivity contribution in [2.45, 2.75) is 17.4 Å². The van der Waals surface area contributed by atoms with Crippen LogP contribution in [-0.2, 0) is 16.4 Å². The van der Waals surface area contributed by atoms with Crippen LogP contribution < -0.4 is 18.9 Å². The van der Waals surface area contributed by atoms with E-state index in [0.29, 0.717) is 17.9 Å². The summed E-state index contributed by atoms with van der Waals surface area (Å²) in [6.45, 7) is 0.279. The van der Waals surface area contributed by atoms with E-state index < -0.39 is 10.0 Å². The van der Waals surface area contributed by atoms with Crippen molar-refractivity contribution in [3.63, 3.8) is 0 Å². The van der Waals surface area contributed by atoms with E-state index in [-0.39, 0.29) is 17.5 Å². The number of fused-ring (bicyclic) bond motifs is 1. The van der Waals surface area contributed by atoms with Crippen molar-refractivity contribution in [2.75, 3.05) is 20.8 Å². The van der Waals surface area contributed by atoms with Crippen molar-refractivity contribution < 1.29 is 22.6 Å². The summed E-state index contributed by atoms with van der Waals surface area (Å²) in [5, 5.41) is 0. The molecule has 0 aromatic heterocycles. The van der Waals surface area contributed by atoms with Gasteiger partial charge in [-0.2, -0.15) is 0 Å². The van der Waals surface area contributed by atoms with Crippen molar-refractivity contribution >= 4 is 26.0 Å². The molecule has 1 aliphatic rings. The zero-order chi connectivity index (χ0) is 18.0. The first-order valence-corrected chi connectivity index (χ1v) is 9.86. The minimum Gasteiger partial charge on any atom is -0.493 e. The maximum atomic E-state index is 12.7. The van der Waals surface area contributed by atoms with Crippen LogP contribution in [0.5, 0.6) is 17.2 Å². The molecule has 0 radical (unpaired) electrons. The Labute approximate surface area is 155 Å². The fourth-order valence-electron chi connectivity index (χ4n) is 2.71. The molecule has 6 nitrogen and oxygen atoms in total. The fraction of sp³-hybridized carbons (Fsp3) is 0.294. The number of hydrogen-bond donors (Lipinski definition) is 1. The molecule has 0 aliphatic carbocycles. The Kier molecular flexibility index (Phi) is 5.21. The number of benzene rings is 2. The highest BCUT2D eigenvalue weighted by Crippen LogP contribution is 2.31. The summed E-state index contributed by atoms with van der Waals surface area (Å²) in [4.78, 5) is 0.116. The summed E-state index contributed by atoms with van der Waals surface area (Å²) < 4.78 is 45.0. The van der Waals surface area contributed by atoms with E-state index in [1.54, 1.807) is 6.07 Å². The summed E-state index contributed by atoms with van der Waals surface area (Å²) in [5.41, 5.74) is 0.959. The van der Waals surface area contributed by atoms with Crippen molar-refractivity contribution in [1.82, 2.24) is 4.72 Å². The normalized spacial score (nSPS) is 16.7. The number of nitrogens with one attached hydrogen (secondary N) is 1. The quantitative estimate of drug-likeness (QED) is 0.793. The Hall–Kier alpha value is -1.77. The average molecular weight is 428 g/mol. The van der Waals surface area contributed by atoms with Crippen molar-refractivity contribution in [3.05, 3.63) is 46.4 Å². The Bertz CT molecular complexity index is 885. The van der Waals surface area contributed by atoms with Gasteiger partial charge in [0.15, 0.2) is 11.5 Å². The molecule has 8 heteroatoms. The smallest absolute Gasteiger partial charge is 0.241 e. The van der Waals surface area contributed by atoms with E-state index in [0.717, 1.165) is 15.8 Å². The van der Waals surface area contributed by atoms with Crippen LogP contribution in [0.15, 0.2) is 45.8 Å². The predicted molar refractivity (Wildman–Crippen MR) is 97.0 cm³/mol. The first-order chi connectivity index (χ1) is 11.9. The van der Waals surface area contributed by atoms with E-state index in [9.17, 15) is 8.42 Å². The third kappa shape index (κ3) is 3.91. The van der Waals surface area contributed by atoms with Crippen molar-refractivity contribution in [2.24, 2.45) is 0 Å². The minimum atomic E-state index is -3.71. The molecule has 2 aromatic rings. The highest BCUT2D eigenvalue weighted by Gasteiger charge is 2.26. The first-order valence-electron chi connectivity index (χ1n) is 7.58. The third-order valence-corrected chi connectivity index (χ3v) is 5.93. The molecule has 1 aliphatic heterocycles. The van der Waals surface area contributed by atoms with Crippen LogP contribution in [0.4, 0.5) is 0 Å². The number of sulfonamides is 1. The number of methoxy groups -OCH3 is 2. The van der Waals surface area contributed by atoms with Gasteiger partial charge in [0.1, 0.15) is 12.4 Å². The molecule has 1 heterocycles. The van der Waals surface area contributed by atoms with E-state index in [1.807, 2.05) is 18.2 Å². The lowest BCUT2D eigenvalue weighted by atomic mass is 10.0. The summed E-state index contributed by atoms with van der Waals surface area (Å²) >= 11 is 3.42. The molecular formula is C17H18BrNO5S. The maximum Gasteiger partial charge on any atom is 0.241 e. The van der Waals surface area contributed by atoms with Gasteiger partial charge in [-0.3, -0.25) is 0 Å². The van der Waals surface area contributed by atoms with E-state index >= 15 is 0 Å². The third-order valence-electron chi connectivity index (χ3n) is 3.92. The van der Waals surface area contributed by atoms with E-state index in [4.69, 9.17) is 14.2 Å². The molecule has 0 spiro atoms. The summed E-state index contributed by atoms with van der Waals surface area (Å²) in [5.74, 6) is 1.62. The Morgan fingerprint density at radius 3 is 2.60 bits per heavy atom. The minimum absolute atomic E-state index is 0.116. The molecule has 1 unspecified atom stereocenters. The summed E-state index contributed by atoms with van der Waals surface area (Å²) in [7, 11) is -0.744. The molecule has 2 aromatic carbocycles. The van der Waals surface area contributed by atoms with Crippen LogP contribution in [0.1, 0.15) is 5.56 Å². The van der Waals surface area contributed by atoms with Gasteiger partial charge in [-0.25, -0.2) is 13.1 Å². The predicted octanol–water partition coefficient (Wildman–Crippen LogP) is 2.75. The number of hydrogen-bond acceptors (Lipinski definition) is 5. The number of halogens is 1. The Morgan fingerprint density at radius 1 is 1.12 bits per heavy atom. The topological polar surface area (TPSA) is 73.9 Å². The van der Waals surface area contributed by atoms with Crippen LogP contribution in [0.3, 0.4) is 0 Å². The zero-order valence-corrected chi connectivity index (χ0v) is 16.2. The fourth-order valence-corrected chi connectivity index (χ4v) is 4.35. The Balaban J connectivity index is 1.80. The van der Waals surface area contributed by atoms with Gasteiger partial charge in [0.25, 0.3) is 0 Å². The molecule has 0 saturated carbocycles. The van der Waals surface area contributed by atoms with Gasteiger partial charge in [-0.1, -0.05) is 15.9 Å². The summed E-state index contributed by atoms with van der Waals surface area (Å²) in [6.07, 6.45) is 0.557.